The Morgan fingerprint density at radius 1 is 1.40 bits per heavy atom. The van der Waals surface area contributed by atoms with Crippen molar-refractivity contribution in [3.63, 3.8) is 0 Å². The van der Waals surface area contributed by atoms with Gasteiger partial charge in [0.15, 0.2) is 0 Å². The third-order valence-electron chi connectivity index (χ3n) is 2.21. The van der Waals surface area contributed by atoms with E-state index in [1.807, 2.05) is 0 Å². The zero-order valence-electron chi connectivity index (χ0n) is 10.8. The first-order chi connectivity index (χ1) is 9.22. The topological polar surface area (TPSA) is 138 Å². The minimum atomic E-state index is -3.85. The predicted molar refractivity (Wildman–Crippen MR) is 70.8 cm³/mol. The van der Waals surface area contributed by atoms with Crippen molar-refractivity contribution in [3.8, 4) is 0 Å². The van der Waals surface area contributed by atoms with Crippen LogP contribution in [0.4, 0.5) is 5.13 Å². The number of hydrogen-bond donors (Lipinski definition) is 3. The van der Waals surface area contributed by atoms with Crippen LogP contribution in [-0.4, -0.2) is 42.1 Å². The fourth-order valence-electron chi connectivity index (χ4n) is 1.11. The number of hydrogen-bond acceptors (Lipinski definition) is 7. The lowest BCUT2D eigenvalue weighted by atomic mass is 10.1. The molecule has 20 heavy (non-hydrogen) atoms. The number of nitrogens with one attached hydrogen (secondary N) is 2. The van der Waals surface area contributed by atoms with E-state index >= 15 is 0 Å². The molecule has 1 atom stereocenters. The summed E-state index contributed by atoms with van der Waals surface area (Å²) in [6.45, 7) is 2.72. The van der Waals surface area contributed by atoms with Crippen molar-refractivity contribution < 1.29 is 23.1 Å². The lowest BCUT2D eigenvalue weighted by molar-refractivity contribution is -0.141. The van der Waals surface area contributed by atoms with Gasteiger partial charge < -0.3 is 10.4 Å². The van der Waals surface area contributed by atoms with E-state index in [-0.39, 0.29) is 28.3 Å². The van der Waals surface area contributed by atoms with Gasteiger partial charge in [-0.25, -0.2) is 13.1 Å². The third-order valence-corrected chi connectivity index (χ3v) is 4.88. The Morgan fingerprint density at radius 2 is 2.05 bits per heavy atom. The minimum absolute atomic E-state index is 0.0230. The fourth-order valence-corrected chi connectivity index (χ4v) is 3.15. The SMILES string of the molecule is CC(=O)Nc1nnc(S(=O)(=O)NCCC(C)C(=O)O)s1. The van der Waals surface area contributed by atoms with E-state index in [0.717, 1.165) is 0 Å². The van der Waals surface area contributed by atoms with Crippen LogP contribution in [0.1, 0.15) is 20.3 Å². The van der Waals surface area contributed by atoms with Gasteiger partial charge in [0, 0.05) is 13.5 Å². The lowest BCUT2D eigenvalue weighted by Crippen LogP contribution is -2.27. The standard InChI is InChI=1S/C9H14N4O5S2/c1-5(7(15)16)3-4-10-20(17,18)9-13-12-8(19-9)11-6(2)14/h5,10H,3-4H2,1-2H3,(H,15,16)(H,11,12,14). The first kappa shape index (κ1) is 16.5. The van der Waals surface area contributed by atoms with Crippen molar-refractivity contribution >= 4 is 38.4 Å². The molecular weight excluding hydrogens is 308 g/mol. The molecule has 1 amide bonds. The maximum atomic E-state index is 11.8. The highest BCUT2D eigenvalue weighted by Gasteiger charge is 2.21. The van der Waals surface area contributed by atoms with E-state index in [4.69, 9.17) is 5.11 Å². The molecule has 0 saturated heterocycles. The molecule has 0 aliphatic rings. The molecule has 9 nitrogen and oxygen atoms in total. The Labute approximate surface area is 119 Å². The van der Waals surface area contributed by atoms with E-state index in [2.05, 4.69) is 20.2 Å². The summed E-state index contributed by atoms with van der Waals surface area (Å²) in [5, 5.41) is 18.1. The molecule has 0 bridgehead atoms. The molecule has 112 valence electrons. The molecule has 11 heteroatoms. The molecule has 1 rings (SSSR count). The molecule has 1 aromatic heterocycles. The second kappa shape index (κ2) is 6.72. The maximum Gasteiger partial charge on any atom is 0.306 e. The summed E-state index contributed by atoms with van der Waals surface area (Å²) in [6, 6.07) is 0. The zero-order chi connectivity index (χ0) is 15.3. The average molecular weight is 322 g/mol. The second-order valence-corrected chi connectivity index (χ2v) is 6.90. The molecular formula is C9H14N4O5S2. The molecule has 1 heterocycles. The fraction of sp³-hybridized carbons (Fsp3) is 0.556. The van der Waals surface area contributed by atoms with Crippen LogP contribution in [0.2, 0.25) is 0 Å². The monoisotopic (exact) mass is 322 g/mol. The minimum Gasteiger partial charge on any atom is -0.481 e. The smallest absolute Gasteiger partial charge is 0.306 e. The summed E-state index contributed by atoms with van der Waals surface area (Å²) in [6.07, 6.45) is 0.159. The van der Waals surface area contributed by atoms with Crippen molar-refractivity contribution in [1.29, 1.82) is 0 Å². The van der Waals surface area contributed by atoms with Crippen LogP contribution in [-0.2, 0) is 19.6 Å². The van der Waals surface area contributed by atoms with E-state index in [9.17, 15) is 18.0 Å². The molecule has 3 N–H and O–H groups in total. The van der Waals surface area contributed by atoms with Crippen LogP contribution < -0.4 is 10.0 Å². The van der Waals surface area contributed by atoms with Gasteiger partial charge in [-0.05, 0) is 6.42 Å². The normalized spacial score (nSPS) is 12.9. The summed E-state index contributed by atoms with van der Waals surface area (Å²) in [5.41, 5.74) is 0. The van der Waals surface area contributed by atoms with Gasteiger partial charge in [-0.15, -0.1) is 10.2 Å². The number of carbonyl (C=O) groups excluding carboxylic acids is 1. The van der Waals surface area contributed by atoms with Gasteiger partial charge in [-0.3, -0.25) is 9.59 Å². The van der Waals surface area contributed by atoms with E-state index in [1.54, 1.807) is 0 Å². The van der Waals surface area contributed by atoms with Gasteiger partial charge in [-0.2, -0.15) is 0 Å². The zero-order valence-corrected chi connectivity index (χ0v) is 12.4. The van der Waals surface area contributed by atoms with Crippen LogP contribution >= 0.6 is 11.3 Å². The van der Waals surface area contributed by atoms with Crippen molar-refractivity contribution in [1.82, 2.24) is 14.9 Å². The summed E-state index contributed by atoms with van der Waals surface area (Å²) >= 11 is 0.712. The highest BCUT2D eigenvalue weighted by atomic mass is 32.2. The van der Waals surface area contributed by atoms with Crippen molar-refractivity contribution in [2.24, 2.45) is 5.92 Å². The summed E-state index contributed by atoms with van der Waals surface area (Å²) in [5.74, 6) is -2.02. The molecule has 0 radical (unpaired) electrons. The number of carboxylic acids is 1. The number of aliphatic carboxylic acids is 1. The molecule has 0 aliphatic heterocycles. The molecule has 0 aromatic carbocycles. The van der Waals surface area contributed by atoms with Crippen molar-refractivity contribution in [3.05, 3.63) is 0 Å². The number of carboxylic acid groups (broad SMARTS) is 1. The third kappa shape index (κ3) is 4.83. The van der Waals surface area contributed by atoms with E-state index in [1.165, 1.54) is 13.8 Å². The lowest BCUT2D eigenvalue weighted by Gasteiger charge is -2.06. The highest BCUT2D eigenvalue weighted by molar-refractivity contribution is 7.91. The van der Waals surface area contributed by atoms with Crippen LogP contribution in [0.15, 0.2) is 4.34 Å². The quantitative estimate of drug-likeness (QED) is 0.595. The first-order valence-corrected chi connectivity index (χ1v) is 7.86. The van der Waals surface area contributed by atoms with Crippen LogP contribution in [0, 0.1) is 5.92 Å². The van der Waals surface area contributed by atoms with Gasteiger partial charge in [-0.1, -0.05) is 18.3 Å². The molecule has 1 aromatic rings. The summed E-state index contributed by atoms with van der Waals surface area (Å²) < 4.78 is 25.6. The summed E-state index contributed by atoms with van der Waals surface area (Å²) in [4.78, 5) is 21.4. The van der Waals surface area contributed by atoms with E-state index in [0.29, 0.717) is 11.3 Å². The number of amides is 1. The van der Waals surface area contributed by atoms with E-state index < -0.39 is 21.9 Å². The number of sulfonamides is 1. The Morgan fingerprint density at radius 3 is 2.60 bits per heavy atom. The maximum absolute atomic E-state index is 11.8. The number of nitrogens with zero attached hydrogens (tertiary/aromatic N) is 2. The largest absolute Gasteiger partial charge is 0.481 e. The molecule has 0 aliphatic carbocycles. The van der Waals surface area contributed by atoms with Crippen LogP contribution in [0.25, 0.3) is 0 Å². The van der Waals surface area contributed by atoms with Crippen LogP contribution in [0.3, 0.4) is 0 Å². The Bertz CT molecular complexity index is 597. The molecule has 1 unspecified atom stereocenters. The Kier molecular flexibility index (Phi) is 5.53. The average Bonchev–Trinajstić information content (AvgIpc) is 2.76. The van der Waals surface area contributed by atoms with Crippen LogP contribution in [0.5, 0.6) is 0 Å². The predicted octanol–water partition coefficient (Wildman–Crippen LogP) is -0.114. The first-order valence-electron chi connectivity index (χ1n) is 5.56. The van der Waals surface area contributed by atoms with Gasteiger partial charge in [0.1, 0.15) is 0 Å². The van der Waals surface area contributed by atoms with Gasteiger partial charge >= 0.3 is 5.97 Å². The second-order valence-electron chi connectivity index (χ2n) is 3.98. The molecule has 0 saturated carbocycles. The number of anilines is 1. The Hall–Kier alpha value is -1.59. The van der Waals surface area contributed by atoms with Gasteiger partial charge in [0.05, 0.1) is 5.92 Å². The highest BCUT2D eigenvalue weighted by Crippen LogP contribution is 2.19. The van der Waals surface area contributed by atoms with Crippen molar-refractivity contribution in [2.45, 2.75) is 24.6 Å². The van der Waals surface area contributed by atoms with Crippen molar-refractivity contribution in [2.75, 3.05) is 11.9 Å². The van der Waals surface area contributed by atoms with Gasteiger partial charge in [0.25, 0.3) is 10.0 Å². The number of carbonyl (C=O) groups is 2. The Balaban J connectivity index is 2.62. The molecule has 0 fully saturated rings. The van der Waals surface area contributed by atoms with Gasteiger partial charge in [0.2, 0.25) is 15.4 Å². The number of aromatic nitrogens is 2. The summed E-state index contributed by atoms with van der Waals surface area (Å²) in [7, 11) is -3.85. The molecule has 0 spiro atoms. The number of rotatable bonds is 7.